The molecule has 4 heteroatoms. The summed E-state index contributed by atoms with van der Waals surface area (Å²) >= 11 is 3.47. The average Bonchev–Trinajstić information content (AvgIpc) is 2.46. The van der Waals surface area contributed by atoms with Crippen LogP contribution < -0.4 is 5.32 Å². The molecule has 0 spiro atoms. The third-order valence-electron chi connectivity index (χ3n) is 2.73. The first-order valence-corrected chi connectivity index (χ1v) is 6.65. The number of hydrogen-bond acceptors (Lipinski definition) is 3. The van der Waals surface area contributed by atoms with Crippen LogP contribution in [0.4, 0.5) is 5.69 Å². The molecule has 98 valence electrons. The predicted octanol–water partition coefficient (Wildman–Crippen LogP) is 3.85. The molecule has 0 aliphatic heterocycles. The van der Waals surface area contributed by atoms with E-state index in [1.54, 1.807) is 12.1 Å². The second-order valence-corrected chi connectivity index (χ2v) is 4.87. The summed E-state index contributed by atoms with van der Waals surface area (Å²) in [5, 5.41) is 3.32. The van der Waals surface area contributed by atoms with Gasteiger partial charge in [0.2, 0.25) is 0 Å². The number of esters is 1. The highest BCUT2D eigenvalue weighted by Crippen LogP contribution is 2.20. The zero-order valence-electron chi connectivity index (χ0n) is 10.5. The first-order chi connectivity index (χ1) is 9.20. The molecule has 0 aliphatic rings. The average molecular weight is 320 g/mol. The fourth-order valence-electron chi connectivity index (χ4n) is 1.69. The topological polar surface area (TPSA) is 38.3 Å². The Bertz CT molecular complexity index is 570. The fraction of sp³-hybridized carbons (Fsp3) is 0.133. The van der Waals surface area contributed by atoms with E-state index < -0.39 is 0 Å². The number of carbonyl (C=O) groups excluding carboxylic acids is 1. The summed E-state index contributed by atoms with van der Waals surface area (Å²) in [5.41, 5.74) is 2.68. The number of hydrogen-bond donors (Lipinski definition) is 1. The van der Waals surface area contributed by atoms with Gasteiger partial charge in [-0.1, -0.05) is 40.2 Å². The van der Waals surface area contributed by atoms with Crippen LogP contribution in [0.2, 0.25) is 0 Å². The van der Waals surface area contributed by atoms with Gasteiger partial charge in [-0.15, -0.1) is 0 Å². The number of nitrogens with one attached hydrogen (secondary N) is 1. The van der Waals surface area contributed by atoms with Crippen molar-refractivity contribution in [2.75, 3.05) is 12.4 Å². The molecule has 0 aliphatic carbocycles. The van der Waals surface area contributed by atoms with Crippen molar-refractivity contribution < 1.29 is 9.53 Å². The van der Waals surface area contributed by atoms with Gasteiger partial charge >= 0.3 is 5.97 Å². The predicted molar refractivity (Wildman–Crippen MR) is 79.3 cm³/mol. The molecule has 2 rings (SSSR count). The molecule has 1 N–H and O–H groups in total. The summed E-state index contributed by atoms with van der Waals surface area (Å²) in [4.78, 5) is 11.4. The van der Waals surface area contributed by atoms with Crippen molar-refractivity contribution in [1.82, 2.24) is 0 Å². The van der Waals surface area contributed by atoms with Gasteiger partial charge in [0, 0.05) is 16.7 Å². The minimum atomic E-state index is -0.330. The zero-order chi connectivity index (χ0) is 13.7. The molecule has 0 aromatic heterocycles. The molecule has 19 heavy (non-hydrogen) atoms. The summed E-state index contributed by atoms with van der Waals surface area (Å²) in [5.74, 6) is -0.330. The van der Waals surface area contributed by atoms with E-state index in [0.717, 1.165) is 15.7 Å². The van der Waals surface area contributed by atoms with Crippen molar-refractivity contribution in [3.05, 3.63) is 64.1 Å². The monoisotopic (exact) mass is 319 g/mol. The molecule has 0 amide bonds. The van der Waals surface area contributed by atoms with E-state index in [0.29, 0.717) is 12.1 Å². The minimum Gasteiger partial charge on any atom is -0.465 e. The van der Waals surface area contributed by atoms with Crippen LogP contribution in [0.15, 0.2) is 53.0 Å². The maximum Gasteiger partial charge on any atom is 0.337 e. The SMILES string of the molecule is COC(=O)c1ccc(CNc2ccccc2)c(Br)c1. The maximum absolute atomic E-state index is 11.4. The van der Waals surface area contributed by atoms with E-state index >= 15 is 0 Å². The third-order valence-corrected chi connectivity index (χ3v) is 3.47. The van der Waals surface area contributed by atoms with Crippen LogP contribution in [0.25, 0.3) is 0 Å². The first-order valence-electron chi connectivity index (χ1n) is 5.86. The van der Waals surface area contributed by atoms with E-state index in [1.165, 1.54) is 7.11 Å². The molecular weight excluding hydrogens is 306 g/mol. The smallest absolute Gasteiger partial charge is 0.337 e. The Labute approximate surface area is 120 Å². The lowest BCUT2D eigenvalue weighted by molar-refractivity contribution is 0.0600. The van der Waals surface area contributed by atoms with Crippen molar-refractivity contribution in [3.63, 3.8) is 0 Å². The highest BCUT2D eigenvalue weighted by molar-refractivity contribution is 9.10. The molecule has 3 nitrogen and oxygen atoms in total. The van der Waals surface area contributed by atoms with Crippen molar-refractivity contribution >= 4 is 27.6 Å². The van der Waals surface area contributed by atoms with Crippen LogP contribution >= 0.6 is 15.9 Å². The van der Waals surface area contributed by atoms with Crippen LogP contribution in [0, 0.1) is 0 Å². The van der Waals surface area contributed by atoms with Gasteiger partial charge in [0.05, 0.1) is 12.7 Å². The highest BCUT2D eigenvalue weighted by Gasteiger charge is 2.08. The summed E-state index contributed by atoms with van der Waals surface area (Å²) in [7, 11) is 1.38. The molecule has 2 aromatic carbocycles. The van der Waals surface area contributed by atoms with Gasteiger partial charge in [-0.3, -0.25) is 0 Å². The Hall–Kier alpha value is -1.81. The van der Waals surface area contributed by atoms with Gasteiger partial charge in [0.1, 0.15) is 0 Å². The molecule has 0 unspecified atom stereocenters. The molecule has 0 bridgehead atoms. The van der Waals surface area contributed by atoms with E-state index in [2.05, 4.69) is 26.0 Å². The Morgan fingerprint density at radius 2 is 1.95 bits per heavy atom. The number of benzene rings is 2. The zero-order valence-corrected chi connectivity index (χ0v) is 12.1. The second-order valence-electron chi connectivity index (χ2n) is 4.02. The number of para-hydroxylation sites is 1. The summed E-state index contributed by atoms with van der Waals surface area (Å²) in [6.45, 7) is 0.687. The van der Waals surface area contributed by atoms with Gasteiger partial charge < -0.3 is 10.1 Å². The molecule has 2 aromatic rings. The first kappa shape index (κ1) is 13.6. The number of rotatable bonds is 4. The lowest BCUT2D eigenvalue weighted by atomic mass is 10.1. The van der Waals surface area contributed by atoms with Gasteiger partial charge in [0.25, 0.3) is 0 Å². The van der Waals surface area contributed by atoms with E-state index in [9.17, 15) is 4.79 Å². The summed E-state index contributed by atoms with van der Waals surface area (Å²) < 4.78 is 5.57. The molecule has 0 heterocycles. The number of halogens is 1. The Kier molecular flexibility index (Phi) is 4.58. The van der Waals surface area contributed by atoms with Crippen molar-refractivity contribution in [2.45, 2.75) is 6.54 Å². The summed E-state index contributed by atoms with van der Waals surface area (Å²) in [6, 6.07) is 15.4. The Morgan fingerprint density at radius 3 is 2.58 bits per heavy atom. The Balaban J connectivity index is 2.07. The van der Waals surface area contributed by atoms with E-state index in [1.807, 2.05) is 36.4 Å². The second kappa shape index (κ2) is 6.38. The van der Waals surface area contributed by atoms with E-state index in [-0.39, 0.29) is 5.97 Å². The van der Waals surface area contributed by atoms with Crippen LogP contribution in [-0.2, 0) is 11.3 Å². The lowest BCUT2D eigenvalue weighted by Crippen LogP contribution is -2.04. The molecule has 0 radical (unpaired) electrons. The standard InChI is InChI=1S/C15H14BrNO2/c1-19-15(18)11-7-8-12(14(16)9-11)10-17-13-5-3-2-4-6-13/h2-9,17H,10H2,1H3. The quantitative estimate of drug-likeness (QED) is 0.870. The van der Waals surface area contributed by atoms with E-state index in [4.69, 9.17) is 0 Å². The van der Waals surface area contributed by atoms with Crippen molar-refractivity contribution in [2.24, 2.45) is 0 Å². The van der Waals surface area contributed by atoms with Crippen molar-refractivity contribution in [3.8, 4) is 0 Å². The largest absolute Gasteiger partial charge is 0.465 e. The Morgan fingerprint density at radius 1 is 1.21 bits per heavy atom. The van der Waals surface area contributed by atoms with Crippen LogP contribution in [0.5, 0.6) is 0 Å². The van der Waals surface area contributed by atoms with Crippen molar-refractivity contribution in [1.29, 1.82) is 0 Å². The summed E-state index contributed by atoms with van der Waals surface area (Å²) in [6.07, 6.45) is 0. The lowest BCUT2D eigenvalue weighted by Gasteiger charge is -2.09. The maximum atomic E-state index is 11.4. The van der Waals surface area contributed by atoms with Gasteiger partial charge in [0.15, 0.2) is 0 Å². The van der Waals surface area contributed by atoms with Crippen LogP contribution in [-0.4, -0.2) is 13.1 Å². The molecular formula is C15H14BrNO2. The highest BCUT2D eigenvalue weighted by atomic mass is 79.9. The molecule has 0 saturated carbocycles. The fourth-order valence-corrected chi connectivity index (χ4v) is 2.21. The van der Waals surface area contributed by atoms with Gasteiger partial charge in [-0.05, 0) is 29.8 Å². The number of anilines is 1. The number of ether oxygens (including phenoxy) is 1. The molecule has 0 fully saturated rings. The van der Waals surface area contributed by atoms with Gasteiger partial charge in [-0.2, -0.15) is 0 Å². The number of carbonyl (C=O) groups is 1. The molecule has 0 saturated heterocycles. The number of methoxy groups -OCH3 is 1. The van der Waals surface area contributed by atoms with Gasteiger partial charge in [-0.25, -0.2) is 4.79 Å². The molecule has 0 atom stereocenters. The van der Waals surface area contributed by atoms with Crippen LogP contribution in [0.3, 0.4) is 0 Å². The minimum absolute atomic E-state index is 0.330. The van der Waals surface area contributed by atoms with Crippen LogP contribution in [0.1, 0.15) is 15.9 Å². The third kappa shape index (κ3) is 3.58. The normalized spacial score (nSPS) is 10.0.